The van der Waals surface area contributed by atoms with Crippen LogP contribution in [0.5, 0.6) is 5.75 Å². The minimum absolute atomic E-state index is 0.0395. The molecule has 0 heterocycles. The number of anilines is 1. The second kappa shape index (κ2) is 4.98. The Hall–Kier alpha value is -2.33. The minimum Gasteiger partial charge on any atom is -0.507 e. The number of amides is 1. The fourth-order valence-electron chi connectivity index (χ4n) is 2.55. The number of nitrogens with two attached hydrogens (primary N) is 1. The van der Waals surface area contributed by atoms with Crippen LogP contribution in [0.25, 0.3) is 10.8 Å². The molecular weight excluding hydrogens is 252 g/mol. The zero-order chi connectivity index (χ0) is 14.1. The van der Waals surface area contributed by atoms with Crippen molar-refractivity contribution in [1.29, 1.82) is 0 Å². The number of rotatable bonds is 2. The maximum Gasteiger partial charge on any atom is 0.231 e. The molecule has 0 bridgehead atoms. The van der Waals surface area contributed by atoms with Crippen molar-refractivity contribution in [2.45, 2.75) is 12.5 Å². The monoisotopic (exact) mass is 268 g/mol. The molecule has 1 aliphatic carbocycles. The number of phenolic OH excluding ortho intramolecular Hbond substituents is 1. The third kappa shape index (κ3) is 2.26. The summed E-state index contributed by atoms with van der Waals surface area (Å²) in [4.78, 5) is 12.2. The van der Waals surface area contributed by atoms with E-state index >= 15 is 0 Å². The molecule has 2 atom stereocenters. The van der Waals surface area contributed by atoms with Gasteiger partial charge >= 0.3 is 0 Å². The number of aromatic hydroxyl groups is 1. The lowest BCUT2D eigenvalue weighted by atomic mass is 10.1. The molecule has 0 saturated carbocycles. The molecule has 2 aromatic carbocycles. The Kier molecular flexibility index (Phi) is 3.16. The SMILES string of the molecule is NC1C=CC(C(=O)Nc2cccc3c(O)cccc23)C1. The van der Waals surface area contributed by atoms with Gasteiger partial charge < -0.3 is 16.2 Å². The average Bonchev–Trinajstić information content (AvgIpc) is 2.87. The predicted octanol–water partition coefficient (Wildman–Crippen LogP) is 2.39. The molecule has 20 heavy (non-hydrogen) atoms. The number of phenols is 1. The van der Waals surface area contributed by atoms with Gasteiger partial charge in [0.1, 0.15) is 5.75 Å². The summed E-state index contributed by atoms with van der Waals surface area (Å²) in [5, 5.41) is 14.3. The average molecular weight is 268 g/mol. The highest BCUT2D eigenvalue weighted by molar-refractivity contribution is 6.04. The van der Waals surface area contributed by atoms with E-state index in [4.69, 9.17) is 5.73 Å². The Morgan fingerprint density at radius 1 is 1.15 bits per heavy atom. The van der Waals surface area contributed by atoms with Crippen molar-refractivity contribution < 1.29 is 9.90 Å². The number of benzene rings is 2. The maximum absolute atomic E-state index is 12.2. The Morgan fingerprint density at radius 2 is 1.90 bits per heavy atom. The van der Waals surface area contributed by atoms with Crippen LogP contribution >= 0.6 is 0 Å². The molecule has 1 aliphatic rings. The van der Waals surface area contributed by atoms with Crippen molar-refractivity contribution >= 4 is 22.4 Å². The van der Waals surface area contributed by atoms with Gasteiger partial charge in [0.05, 0.1) is 5.92 Å². The molecular formula is C16H16N2O2. The highest BCUT2D eigenvalue weighted by atomic mass is 16.3. The van der Waals surface area contributed by atoms with Crippen LogP contribution in [0.1, 0.15) is 6.42 Å². The normalized spacial score (nSPS) is 21.2. The summed E-state index contributed by atoms with van der Waals surface area (Å²) in [7, 11) is 0. The van der Waals surface area contributed by atoms with E-state index < -0.39 is 0 Å². The molecule has 0 aromatic heterocycles. The van der Waals surface area contributed by atoms with Crippen molar-refractivity contribution in [3.8, 4) is 5.75 Å². The summed E-state index contributed by atoms with van der Waals surface area (Å²) in [5.74, 6) is -0.0380. The van der Waals surface area contributed by atoms with Gasteiger partial charge in [0, 0.05) is 22.5 Å². The second-order valence-electron chi connectivity index (χ2n) is 5.06. The van der Waals surface area contributed by atoms with Gasteiger partial charge in [0.15, 0.2) is 0 Å². The van der Waals surface area contributed by atoms with Crippen LogP contribution in [0.4, 0.5) is 5.69 Å². The van der Waals surface area contributed by atoms with E-state index in [0.29, 0.717) is 12.1 Å². The summed E-state index contributed by atoms with van der Waals surface area (Å²) in [6, 6.07) is 10.7. The van der Waals surface area contributed by atoms with Crippen LogP contribution in [-0.4, -0.2) is 17.1 Å². The van der Waals surface area contributed by atoms with Crippen LogP contribution < -0.4 is 11.1 Å². The molecule has 2 aromatic rings. The van der Waals surface area contributed by atoms with Crippen LogP contribution in [-0.2, 0) is 4.79 Å². The largest absolute Gasteiger partial charge is 0.507 e. The van der Waals surface area contributed by atoms with Gasteiger partial charge in [-0.2, -0.15) is 0 Å². The van der Waals surface area contributed by atoms with Crippen molar-refractivity contribution in [3.05, 3.63) is 48.6 Å². The molecule has 0 radical (unpaired) electrons. The van der Waals surface area contributed by atoms with Crippen LogP contribution in [0, 0.1) is 5.92 Å². The first kappa shape index (κ1) is 12.7. The molecule has 4 nitrogen and oxygen atoms in total. The van der Waals surface area contributed by atoms with Gasteiger partial charge in [-0.15, -0.1) is 0 Å². The summed E-state index contributed by atoms with van der Waals surface area (Å²) in [5.41, 5.74) is 6.47. The fraction of sp³-hybridized carbons (Fsp3) is 0.188. The van der Waals surface area contributed by atoms with Crippen LogP contribution in [0.15, 0.2) is 48.6 Å². The summed E-state index contributed by atoms with van der Waals surface area (Å²) >= 11 is 0. The van der Waals surface area contributed by atoms with E-state index in [1.165, 1.54) is 0 Å². The van der Waals surface area contributed by atoms with Crippen molar-refractivity contribution in [2.75, 3.05) is 5.32 Å². The molecule has 0 spiro atoms. The number of hydrogen-bond acceptors (Lipinski definition) is 3. The molecule has 0 fully saturated rings. The van der Waals surface area contributed by atoms with Gasteiger partial charge in [-0.3, -0.25) is 4.79 Å². The first-order valence-electron chi connectivity index (χ1n) is 6.60. The third-order valence-electron chi connectivity index (χ3n) is 3.61. The molecule has 2 unspecified atom stereocenters. The van der Waals surface area contributed by atoms with Gasteiger partial charge in [-0.25, -0.2) is 0 Å². The van der Waals surface area contributed by atoms with Crippen LogP contribution in [0.3, 0.4) is 0 Å². The van der Waals surface area contributed by atoms with E-state index in [2.05, 4.69) is 5.32 Å². The predicted molar refractivity (Wildman–Crippen MR) is 79.5 cm³/mol. The molecule has 4 N–H and O–H groups in total. The lowest BCUT2D eigenvalue weighted by Gasteiger charge is -2.13. The molecule has 0 aliphatic heterocycles. The Balaban J connectivity index is 1.90. The molecule has 3 rings (SSSR count). The number of carbonyl (C=O) groups is 1. The first-order valence-corrected chi connectivity index (χ1v) is 6.60. The topological polar surface area (TPSA) is 75.4 Å². The van der Waals surface area contributed by atoms with Gasteiger partial charge in [-0.1, -0.05) is 36.4 Å². The summed E-state index contributed by atoms with van der Waals surface area (Å²) in [6.07, 6.45) is 4.35. The number of fused-ring (bicyclic) bond motifs is 1. The standard InChI is InChI=1S/C16H16N2O2/c17-11-8-7-10(9-11)16(20)18-14-5-1-4-13-12(14)3-2-6-15(13)19/h1-8,10-11,19H,9,17H2,(H,18,20). The van der Waals surface area contributed by atoms with E-state index in [1.807, 2.05) is 36.4 Å². The first-order chi connectivity index (χ1) is 9.65. The Bertz CT molecular complexity index is 694. The molecule has 0 saturated heterocycles. The van der Waals surface area contributed by atoms with E-state index in [0.717, 1.165) is 10.8 Å². The summed E-state index contributed by atoms with van der Waals surface area (Å²) < 4.78 is 0. The number of carbonyl (C=O) groups excluding carboxylic acids is 1. The van der Waals surface area contributed by atoms with Crippen molar-refractivity contribution in [1.82, 2.24) is 0 Å². The quantitative estimate of drug-likeness (QED) is 0.732. The van der Waals surface area contributed by atoms with E-state index in [1.54, 1.807) is 12.1 Å². The Morgan fingerprint density at radius 3 is 2.65 bits per heavy atom. The maximum atomic E-state index is 12.2. The van der Waals surface area contributed by atoms with Gasteiger partial charge in [0.25, 0.3) is 0 Å². The fourth-order valence-corrected chi connectivity index (χ4v) is 2.55. The highest BCUT2D eigenvalue weighted by Gasteiger charge is 2.23. The molecule has 4 heteroatoms. The van der Waals surface area contributed by atoms with E-state index in [-0.39, 0.29) is 23.6 Å². The number of hydrogen-bond donors (Lipinski definition) is 3. The van der Waals surface area contributed by atoms with Crippen molar-refractivity contribution in [2.24, 2.45) is 11.7 Å². The third-order valence-corrected chi connectivity index (χ3v) is 3.61. The van der Waals surface area contributed by atoms with Gasteiger partial charge in [-0.05, 0) is 18.6 Å². The van der Waals surface area contributed by atoms with E-state index in [9.17, 15) is 9.90 Å². The zero-order valence-corrected chi connectivity index (χ0v) is 10.9. The second-order valence-corrected chi connectivity index (χ2v) is 5.06. The Labute approximate surface area is 116 Å². The minimum atomic E-state index is -0.183. The number of nitrogens with one attached hydrogen (secondary N) is 1. The highest BCUT2D eigenvalue weighted by Crippen LogP contribution is 2.30. The molecule has 102 valence electrons. The lowest BCUT2D eigenvalue weighted by Crippen LogP contribution is -2.24. The zero-order valence-electron chi connectivity index (χ0n) is 10.9. The van der Waals surface area contributed by atoms with Crippen LogP contribution in [0.2, 0.25) is 0 Å². The lowest BCUT2D eigenvalue weighted by molar-refractivity contribution is -0.118. The smallest absolute Gasteiger partial charge is 0.231 e. The molecule has 1 amide bonds. The van der Waals surface area contributed by atoms with Gasteiger partial charge in [0.2, 0.25) is 5.91 Å². The summed E-state index contributed by atoms with van der Waals surface area (Å²) in [6.45, 7) is 0. The van der Waals surface area contributed by atoms with Crippen molar-refractivity contribution in [3.63, 3.8) is 0 Å².